The fourth-order valence-electron chi connectivity index (χ4n) is 8.64. The van der Waals surface area contributed by atoms with Crippen molar-refractivity contribution in [1.82, 2.24) is 0 Å². The molecule has 0 radical (unpaired) electrons. The van der Waals surface area contributed by atoms with Gasteiger partial charge in [-0.2, -0.15) is 0 Å². The monoisotopic (exact) mass is 450 g/mol. The number of rotatable bonds is 5. The van der Waals surface area contributed by atoms with Gasteiger partial charge in [0.1, 0.15) is 0 Å². The zero-order chi connectivity index (χ0) is 22.8. The summed E-state index contributed by atoms with van der Waals surface area (Å²) in [6, 6.07) is 0. The zero-order valence-electron chi connectivity index (χ0n) is 20.6. The van der Waals surface area contributed by atoms with Gasteiger partial charge in [-0.05, 0) is 105 Å². The van der Waals surface area contributed by atoms with Gasteiger partial charge in [0, 0.05) is 6.10 Å². The van der Waals surface area contributed by atoms with E-state index in [2.05, 4.69) is 39.6 Å². The molecule has 0 saturated heterocycles. The highest BCUT2D eigenvalue weighted by atomic mass is 28.4. The lowest BCUT2D eigenvalue weighted by molar-refractivity contribution is -0.0808. The van der Waals surface area contributed by atoms with Crippen LogP contribution in [-0.2, 0) is 4.43 Å². The fraction of sp³-hybridized carbons (Fsp3) is 0.923. The molecule has 0 heterocycles. The van der Waals surface area contributed by atoms with Crippen LogP contribution in [-0.4, -0.2) is 48.6 Å². The van der Waals surface area contributed by atoms with E-state index in [0.29, 0.717) is 23.9 Å². The molecule has 0 bridgehead atoms. The number of aliphatic hydroxyl groups excluding tert-OH is 3. The third-order valence-electron chi connectivity index (χ3n) is 10.0. The normalized spacial score (nSPS) is 47.1. The molecule has 10 atom stereocenters. The van der Waals surface area contributed by atoms with Gasteiger partial charge in [-0.3, -0.25) is 0 Å². The van der Waals surface area contributed by atoms with Crippen LogP contribution in [0.4, 0.5) is 0 Å². The molecule has 5 unspecified atom stereocenters. The summed E-state index contributed by atoms with van der Waals surface area (Å²) in [5.41, 5.74) is 1.98. The van der Waals surface area contributed by atoms with Crippen LogP contribution in [0, 0.1) is 40.4 Å². The molecule has 31 heavy (non-hydrogen) atoms. The summed E-state index contributed by atoms with van der Waals surface area (Å²) >= 11 is 0. The van der Waals surface area contributed by atoms with Crippen LogP contribution in [0.1, 0.15) is 65.7 Å². The van der Waals surface area contributed by atoms with Gasteiger partial charge in [0.25, 0.3) is 0 Å². The third kappa shape index (κ3) is 4.01. The first kappa shape index (κ1) is 23.9. The lowest BCUT2D eigenvalue weighted by Crippen LogP contribution is -2.52. The van der Waals surface area contributed by atoms with Crippen LogP contribution in [0.5, 0.6) is 0 Å². The molecule has 4 nitrogen and oxygen atoms in total. The van der Waals surface area contributed by atoms with Gasteiger partial charge >= 0.3 is 0 Å². The van der Waals surface area contributed by atoms with Crippen LogP contribution in [0.25, 0.3) is 0 Å². The quantitative estimate of drug-likeness (QED) is 0.418. The molecule has 4 aliphatic carbocycles. The van der Waals surface area contributed by atoms with Gasteiger partial charge in [-0.1, -0.05) is 32.4 Å². The minimum absolute atomic E-state index is 0.0516. The average Bonchev–Trinajstić information content (AvgIpc) is 2.96. The lowest BCUT2D eigenvalue weighted by atomic mass is 9.47. The van der Waals surface area contributed by atoms with E-state index in [0.717, 1.165) is 25.7 Å². The van der Waals surface area contributed by atoms with Crippen molar-refractivity contribution in [2.45, 2.75) is 104 Å². The van der Waals surface area contributed by atoms with Crippen LogP contribution in [0.15, 0.2) is 11.6 Å². The van der Waals surface area contributed by atoms with E-state index < -0.39 is 14.4 Å². The highest BCUT2D eigenvalue weighted by molar-refractivity contribution is 6.69. The van der Waals surface area contributed by atoms with Crippen molar-refractivity contribution in [1.29, 1.82) is 0 Å². The molecular weight excluding hydrogens is 404 g/mol. The summed E-state index contributed by atoms with van der Waals surface area (Å²) < 4.78 is 6.50. The van der Waals surface area contributed by atoms with E-state index >= 15 is 0 Å². The standard InChI is InChI=1S/C26H46O4Si/c1-16(23(29)15-27)24-22(28)14-21-19-8-7-17-13-18(30-31(4,5)6)9-11-25(17,2)20(19)10-12-26(21,24)3/h7,16,18-24,27-29H,8-15H2,1-6H3/t16-,18+,19?,20?,21?,22?,23?,24+,25+,26+/m1/s1. The van der Waals surface area contributed by atoms with Crippen molar-refractivity contribution in [3.05, 3.63) is 11.6 Å². The molecule has 4 aliphatic rings. The van der Waals surface area contributed by atoms with E-state index in [1.807, 2.05) is 6.92 Å². The zero-order valence-corrected chi connectivity index (χ0v) is 21.6. The lowest BCUT2D eigenvalue weighted by Gasteiger charge is -2.58. The Hall–Kier alpha value is -0.203. The molecule has 3 N–H and O–H groups in total. The molecule has 3 saturated carbocycles. The van der Waals surface area contributed by atoms with Crippen molar-refractivity contribution in [2.24, 2.45) is 40.4 Å². The Labute approximate surface area is 190 Å². The molecule has 0 aromatic carbocycles. The molecule has 0 aliphatic heterocycles. The predicted molar refractivity (Wildman–Crippen MR) is 127 cm³/mol. The van der Waals surface area contributed by atoms with Crippen molar-refractivity contribution >= 4 is 8.32 Å². The molecule has 0 aromatic heterocycles. The molecule has 0 amide bonds. The van der Waals surface area contributed by atoms with E-state index in [9.17, 15) is 15.3 Å². The van der Waals surface area contributed by atoms with E-state index in [4.69, 9.17) is 4.43 Å². The number of fused-ring (bicyclic) bond motifs is 5. The molecule has 4 rings (SSSR count). The second-order valence-corrected chi connectivity index (χ2v) is 17.3. The molecular formula is C26H46O4Si. The summed E-state index contributed by atoms with van der Waals surface area (Å²) in [5, 5.41) is 31.0. The third-order valence-corrected chi connectivity index (χ3v) is 11.1. The maximum atomic E-state index is 11.1. The first-order valence-electron chi connectivity index (χ1n) is 12.7. The molecule has 5 heteroatoms. The van der Waals surface area contributed by atoms with Crippen LogP contribution >= 0.6 is 0 Å². The van der Waals surface area contributed by atoms with Crippen molar-refractivity contribution in [3.8, 4) is 0 Å². The molecule has 178 valence electrons. The first-order chi connectivity index (χ1) is 14.4. The molecule has 3 fully saturated rings. The van der Waals surface area contributed by atoms with Crippen molar-refractivity contribution in [3.63, 3.8) is 0 Å². The summed E-state index contributed by atoms with van der Waals surface area (Å²) in [6.45, 7) is 13.6. The van der Waals surface area contributed by atoms with E-state index in [1.54, 1.807) is 5.57 Å². The number of hydrogen-bond donors (Lipinski definition) is 3. The van der Waals surface area contributed by atoms with Gasteiger partial charge in [0.15, 0.2) is 8.32 Å². The summed E-state index contributed by atoms with van der Waals surface area (Å²) in [5.74, 6) is 1.82. The summed E-state index contributed by atoms with van der Waals surface area (Å²) in [4.78, 5) is 0. The fourth-order valence-corrected chi connectivity index (χ4v) is 9.84. The Morgan fingerprint density at radius 3 is 2.52 bits per heavy atom. The number of allylic oxidation sites excluding steroid dienone is 1. The predicted octanol–water partition coefficient (Wildman–Crippen LogP) is 4.75. The average molecular weight is 451 g/mol. The first-order valence-corrected chi connectivity index (χ1v) is 16.2. The second kappa shape index (κ2) is 8.23. The largest absolute Gasteiger partial charge is 0.414 e. The smallest absolute Gasteiger partial charge is 0.184 e. The number of aliphatic hydroxyl groups is 3. The highest BCUT2D eigenvalue weighted by Crippen LogP contribution is 2.67. The maximum Gasteiger partial charge on any atom is 0.184 e. The Morgan fingerprint density at radius 1 is 1.16 bits per heavy atom. The Morgan fingerprint density at radius 2 is 1.87 bits per heavy atom. The minimum Gasteiger partial charge on any atom is -0.414 e. The van der Waals surface area contributed by atoms with E-state index in [-0.39, 0.29) is 35.4 Å². The van der Waals surface area contributed by atoms with Crippen LogP contribution in [0.2, 0.25) is 19.6 Å². The summed E-state index contributed by atoms with van der Waals surface area (Å²) in [6.07, 6.45) is 9.67. The highest BCUT2D eigenvalue weighted by Gasteiger charge is 2.62. The van der Waals surface area contributed by atoms with E-state index in [1.165, 1.54) is 19.3 Å². The van der Waals surface area contributed by atoms with Gasteiger partial charge in [-0.15, -0.1) is 0 Å². The van der Waals surface area contributed by atoms with Crippen molar-refractivity contribution < 1.29 is 19.7 Å². The van der Waals surface area contributed by atoms with Crippen molar-refractivity contribution in [2.75, 3.05) is 6.61 Å². The Kier molecular flexibility index (Phi) is 6.35. The van der Waals surface area contributed by atoms with Gasteiger partial charge in [0.05, 0.1) is 18.8 Å². The topological polar surface area (TPSA) is 69.9 Å². The molecule has 0 aromatic rings. The minimum atomic E-state index is -1.52. The second-order valence-electron chi connectivity index (χ2n) is 12.8. The van der Waals surface area contributed by atoms with Gasteiger partial charge in [0.2, 0.25) is 0 Å². The summed E-state index contributed by atoms with van der Waals surface area (Å²) in [7, 11) is -1.52. The van der Waals surface area contributed by atoms with Crippen LogP contribution in [0.3, 0.4) is 0 Å². The Balaban J connectivity index is 1.57. The SMILES string of the molecule is C[C@H](C(O)CO)[C@H]1C(O)CC2C3CC=C4C[C@@H](O[Si](C)(C)C)CC[C@]4(C)C3CC[C@@]21C. The number of hydrogen-bond acceptors (Lipinski definition) is 4. The van der Waals surface area contributed by atoms with Gasteiger partial charge in [-0.25, -0.2) is 0 Å². The van der Waals surface area contributed by atoms with Gasteiger partial charge < -0.3 is 19.7 Å². The molecule has 0 spiro atoms. The Bertz CT molecular complexity index is 702. The maximum absolute atomic E-state index is 11.1. The van der Waals surface area contributed by atoms with Crippen LogP contribution < -0.4 is 0 Å².